The number of allylic oxidation sites excluding steroid dienone is 1. The van der Waals surface area contributed by atoms with Crippen LogP contribution >= 0.6 is 15.9 Å². The fourth-order valence-electron chi connectivity index (χ4n) is 3.96. The summed E-state index contributed by atoms with van der Waals surface area (Å²) in [7, 11) is 0. The largest absolute Gasteiger partial charge is 0.489 e. The van der Waals surface area contributed by atoms with E-state index < -0.39 is 10.8 Å². The molecule has 0 bridgehead atoms. The fraction of sp³-hybridized carbons (Fsp3) is 0.125. The Balaban J connectivity index is 1.57. The molecular formula is C24H16BrN3O6. The zero-order valence-corrected chi connectivity index (χ0v) is 19.1. The van der Waals surface area contributed by atoms with Gasteiger partial charge in [0.2, 0.25) is 12.7 Å². The topological polar surface area (TPSA) is 130 Å². The number of hydrogen-bond donors (Lipinski definition) is 1. The van der Waals surface area contributed by atoms with E-state index in [0.29, 0.717) is 39.7 Å². The third kappa shape index (κ3) is 3.86. The van der Waals surface area contributed by atoms with Crippen LogP contribution in [0.4, 0.5) is 5.69 Å². The van der Waals surface area contributed by atoms with Crippen molar-refractivity contribution in [2.75, 3.05) is 6.79 Å². The number of nitrogens with two attached hydrogens (primary N) is 1. The highest BCUT2D eigenvalue weighted by Gasteiger charge is 2.35. The second-order valence-electron chi connectivity index (χ2n) is 7.57. The summed E-state index contributed by atoms with van der Waals surface area (Å²) in [6.07, 6.45) is 0. The average molecular weight is 522 g/mol. The van der Waals surface area contributed by atoms with Crippen LogP contribution in [0.25, 0.3) is 0 Å². The number of hydrogen-bond acceptors (Lipinski definition) is 8. The molecule has 0 saturated heterocycles. The Kier molecular flexibility index (Phi) is 5.47. The molecule has 170 valence electrons. The number of nitro benzene ring substituents is 1. The first kappa shape index (κ1) is 21.6. The molecule has 0 saturated carbocycles. The van der Waals surface area contributed by atoms with Gasteiger partial charge in [0.05, 0.1) is 10.8 Å². The molecule has 9 nitrogen and oxygen atoms in total. The quantitative estimate of drug-likeness (QED) is 0.371. The molecule has 0 spiro atoms. The van der Waals surface area contributed by atoms with Crippen LogP contribution in [-0.4, -0.2) is 11.7 Å². The first-order valence-electron chi connectivity index (χ1n) is 10.1. The molecule has 0 unspecified atom stereocenters. The highest BCUT2D eigenvalue weighted by molar-refractivity contribution is 9.10. The van der Waals surface area contributed by atoms with E-state index in [-0.39, 0.29) is 30.5 Å². The number of fused-ring (bicyclic) bond motifs is 2. The lowest BCUT2D eigenvalue weighted by molar-refractivity contribution is -0.384. The normalized spacial score (nSPS) is 15.8. The van der Waals surface area contributed by atoms with Gasteiger partial charge in [-0.15, -0.1) is 0 Å². The maximum atomic E-state index is 11.1. The van der Waals surface area contributed by atoms with Crippen LogP contribution in [-0.2, 0) is 6.61 Å². The van der Waals surface area contributed by atoms with Gasteiger partial charge in [-0.2, -0.15) is 5.26 Å². The van der Waals surface area contributed by atoms with E-state index in [4.69, 9.17) is 24.7 Å². The van der Waals surface area contributed by atoms with Gasteiger partial charge in [0, 0.05) is 33.8 Å². The highest BCUT2D eigenvalue weighted by Crippen LogP contribution is 2.49. The third-order valence-corrected chi connectivity index (χ3v) is 6.00. The van der Waals surface area contributed by atoms with Crippen LogP contribution in [0.1, 0.15) is 22.6 Å². The lowest BCUT2D eigenvalue weighted by atomic mass is 9.83. The van der Waals surface area contributed by atoms with Gasteiger partial charge in [0.1, 0.15) is 29.7 Å². The predicted molar refractivity (Wildman–Crippen MR) is 123 cm³/mol. The molecule has 2 aliphatic heterocycles. The van der Waals surface area contributed by atoms with Gasteiger partial charge in [-0.25, -0.2) is 0 Å². The molecule has 1 atom stereocenters. The summed E-state index contributed by atoms with van der Waals surface area (Å²) < 4.78 is 23.6. The molecule has 3 aromatic carbocycles. The summed E-state index contributed by atoms with van der Waals surface area (Å²) in [5.41, 5.74) is 8.31. The number of benzene rings is 3. The summed E-state index contributed by atoms with van der Waals surface area (Å²) in [5, 5.41) is 21.0. The number of ether oxygens (including phenoxy) is 4. The first-order valence-corrected chi connectivity index (χ1v) is 10.9. The Hall–Kier alpha value is -4.23. The van der Waals surface area contributed by atoms with Crippen molar-refractivity contribution in [1.82, 2.24) is 0 Å². The van der Waals surface area contributed by atoms with Gasteiger partial charge in [-0.05, 0) is 29.8 Å². The van der Waals surface area contributed by atoms with Crippen molar-refractivity contribution in [3.05, 3.63) is 97.3 Å². The van der Waals surface area contributed by atoms with Gasteiger partial charge < -0.3 is 24.7 Å². The molecule has 2 aliphatic rings. The van der Waals surface area contributed by atoms with Crippen LogP contribution in [0.2, 0.25) is 0 Å². The number of nitriles is 1. The van der Waals surface area contributed by atoms with E-state index in [1.807, 2.05) is 12.1 Å². The number of rotatable bonds is 5. The van der Waals surface area contributed by atoms with Crippen molar-refractivity contribution in [2.24, 2.45) is 5.73 Å². The van der Waals surface area contributed by atoms with E-state index in [1.54, 1.807) is 30.3 Å². The molecule has 2 N–H and O–H groups in total. The maximum absolute atomic E-state index is 11.1. The van der Waals surface area contributed by atoms with E-state index >= 15 is 0 Å². The zero-order valence-electron chi connectivity index (χ0n) is 17.5. The molecule has 0 radical (unpaired) electrons. The molecular weight excluding hydrogens is 506 g/mol. The van der Waals surface area contributed by atoms with Crippen LogP contribution in [0.3, 0.4) is 0 Å². The van der Waals surface area contributed by atoms with Crippen LogP contribution in [0.15, 0.2) is 70.5 Å². The van der Waals surface area contributed by atoms with Gasteiger partial charge in [-0.1, -0.05) is 28.1 Å². The van der Waals surface area contributed by atoms with Crippen molar-refractivity contribution in [3.63, 3.8) is 0 Å². The monoisotopic (exact) mass is 521 g/mol. The number of nitrogens with zero attached hydrogens (tertiary/aromatic N) is 2. The van der Waals surface area contributed by atoms with Crippen LogP contribution < -0.4 is 24.7 Å². The number of nitro groups is 1. The minimum absolute atomic E-state index is 0.0107. The van der Waals surface area contributed by atoms with Gasteiger partial charge in [0.25, 0.3) is 5.69 Å². The van der Waals surface area contributed by atoms with Crippen molar-refractivity contribution in [1.29, 1.82) is 5.26 Å². The summed E-state index contributed by atoms with van der Waals surface area (Å²) in [6.45, 7) is 0.181. The average Bonchev–Trinajstić information content (AvgIpc) is 3.28. The molecule has 10 heteroatoms. The van der Waals surface area contributed by atoms with E-state index in [2.05, 4.69) is 22.0 Å². The molecule has 0 fully saturated rings. The molecule has 3 aromatic rings. The summed E-state index contributed by atoms with van der Waals surface area (Å²) in [4.78, 5) is 10.7. The molecule has 0 amide bonds. The fourth-order valence-corrected chi connectivity index (χ4v) is 4.34. The summed E-state index contributed by atoms with van der Waals surface area (Å²) >= 11 is 3.49. The number of non-ortho nitro benzene ring substituents is 1. The van der Waals surface area contributed by atoms with E-state index in [0.717, 1.165) is 4.47 Å². The van der Waals surface area contributed by atoms with Crippen molar-refractivity contribution in [2.45, 2.75) is 12.5 Å². The minimum atomic E-state index is -0.596. The second-order valence-corrected chi connectivity index (χ2v) is 8.48. The van der Waals surface area contributed by atoms with Crippen LogP contribution in [0.5, 0.6) is 23.0 Å². The smallest absolute Gasteiger partial charge is 0.269 e. The zero-order chi connectivity index (χ0) is 23.8. The van der Waals surface area contributed by atoms with Crippen LogP contribution in [0, 0.1) is 21.4 Å². The SMILES string of the molecule is N#CC1=C(N)Oc2cc3c(cc2[C@H]1c1cc(Br)ccc1OCc1cccc([N+](=O)[O-])c1)OCO3. The van der Waals surface area contributed by atoms with Gasteiger partial charge in [0.15, 0.2) is 11.5 Å². The van der Waals surface area contributed by atoms with Crippen molar-refractivity contribution >= 4 is 21.6 Å². The van der Waals surface area contributed by atoms with Crippen molar-refractivity contribution in [3.8, 4) is 29.1 Å². The summed E-state index contributed by atoms with van der Waals surface area (Å²) in [6, 6.07) is 17.3. The third-order valence-electron chi connectivity index (χ3n) is 5.51. The van der Waals surface area contributed by atoms with Crippen molar-refractivity contribution < 1.29 is 23.9 Å². The summed E-state index contributed by atoms with van der Waals surface area (Å²) in [5.74, 6) is 1.41. The molecule has 2 heterocycles. The minimum Gasteiger partial charge on any atom is -0.489 e. The van der Waals surface area contributed by atoms with Gasteiger partial charge in [-0.3, -0.25) is 10.1 Å². The highest BCUT2D eigenvalue weighted by atomic mass is 79.9. The lowest BCUT2D eigenvalue weighted by Gasteiger charge is -2.28. The molecule has 5 rings (SSSR count). The first-order chi connectivity index (χ1) is 16.4. The van der Waals surface area contributed by atoms with Gasteiger partial charge >= 0.3 is 0 Å². The Labute approximate surface area is 202 Å². The predicted octanol–water partition coefficient (Wildman–Crippen LogP) is 4.88. The van der Waals surface area contributed by atoms with E-state index in [9.17, 15) is 15.4 Å². The maximum Gasteiger partial charge on any atom is 0.269 e. The lowest BCUT2D eigenvalue weighted by Crippen LogP contribution is -2.21. The Bertz CT molecular complexity index is 1400. The molecule has 0 aliphatic carbocycles. The second kappa shape index (κ2) is 8.61. The number of halogens is 1. The van der Waals surface area contributed by atoms with E-state index in [1.165, 1.54) is 12.1 Å². The Morgan fingerprint density at radius 2 is 1.91 bits per heavy atom. The molecule has 0 aromatic heterocycles. The molecule has 34 heavy (non-hydrogen) atoms. The Morgan fingerprint density at radius 3 is 2.68 bits per heavy atom. The standard InChI is InChI=1S/C24H16BrN3O6/c25-14-4-5-19(31-11-13-2-1-3-15(6-13)28(29)30)16(7-14)23-17-8-21-22(33-12-32-21)9-20(17)34-24(27)18(23)10-26/h1-9,23H,11-12,27H2/t23-/m1/s1. The Morgan fingerprint density at radius 1 is 1.12 bits per heavy atom.